The van der Waals surface area contributed by atoms with E-state index in [0.29, 0.717) is 17.7 Å². The van der Waals surface area contributed by atoms with E-state index in [1.54, 1.807) is 18.2 Å². The van der Waals surface area contributed by atoms with Crippen molar-refractivity contribution in [2.24, 2.45) is 5.14 Å². The lowest BCUT2D eigenvalue weighted by Gasteiger charge is -2.20. The number of rotatable bonds is 3. The molecule has 0 fully saturated rings. The molecule has 9 heteroatoms. The minimum atomic E-state index is -3.81. The SMILES string of the molecule is Cc1cc(S(=O)(=O)N2CCc3cc(S(N)(=O)=O)ccc32)ccc1Br. The van der Waals surface area contributed by atoms with E-state index in [-0.39, 0.29) is 16.3 Å². The van der Waals surface area contributed by atoms with Gasteiger partial charge in [0.25, 0.3) is 10.0 Å². The molecule has 2 aromatic rings. The summed E-state index contributed by atoms with van der Waals surface area (Å²) in [5.41, 5.74) is 1.96. The van der Waals surface area contributed by atoms with Gasteiger partial charge >= 0.3 is 0 Å². The minimum Gasteiger partial charge on any atom is -0.266 e. The summed E-state index contributed by atoms with van der Waals surface area (Å²) in [5, 5.41) is 5.13. The first-order chi connectivity index (χ1) is 11.1. The first-order valence-electron chi connectivity index (χ1n) is 7.05. The number of halogens is 1. The van der Waals surface area contributed by atoms with E-state index in [0.717, 1.165) is 10.0 Å². The van der Waals surface area contributed by atoms with Crippen LogP contribution in [0.25, 0.3) is 0 Å². The first kappa shape index (κ1) is 17.4. The van der Waals surface area contributed by atoms with Crippen molar-refractivity contribution < 1.29 is 16.8 Å². The number of sulfonamides is 2. The maximum absolute atomic E-state index is 12.9. The summed E-state index contributed by atoms with van der Waals surface area (Å²) in [7, 11) is -7.52. The Kier molecular flexibility index (Phi) is 4.23. The first-order valence-corrected chi connectivity index (χ1v) is 10.8. The lowest BCUT2D eigenvalue weighted by atomic mass is 10.2. The Hall–Kier alpha value is -1.42. The summed E-state index contributed by atoms with van der Waals surface area (Å²) in [6, 6.07) is 9.11. The van der Waals surface area contributed by atoms with E-state index in [1.165, 1.54) is 22.5 Å². The maximum atomic E-state index is 12.9. The second-order valence-corrected chi connectivity index (χ2v) is 9.85. The van der Waals surface area contributed by atoms with Crippen LogP contribution in [-0.2, 0) is 26.5 Å². The summed E-state index contributed by atoms with van der Waals surface area (Å²) >= 11 is 3.35. The zero-order valence-corrected chi connectivity index (χ0v) is 15.9. The molecule has 0 bridgehead atoms. The number of aryl methyl sites for hydroxylation is 1. The van der Waals surface area contributed by atoms with Crippen LogP contribution in [0.4, 0.5) is 5.69 Å². The largest absolute Gasteiger partial charge is 0.266 e. The summed E-state index contributed by atoms with van der Waals surface area (Å²) in [6.45, 7) is 2.08. The average Bonchev–Trinajstić information content (AvgIpc) is 2.92. The fraction of sp³-hybridized carbons (Fsp3) is 0.200. The Bertz CT molecular complexity index is 1030. The molecule has 128 valence electrons. The molecule has 0 spiro atoms. The standard InChI is InChI=1S/C15H15BrN2O4S2/c1-10-8-13(2-4-14(10)16)24(21,22)18-7-6-11-9-12(23(17,19)20)3-5-15(11)18/h2-5,8-9H,6-7H2,1H3,(H2,17,19,20). The van der Waals surface area contributed by atoms with Crippen LogP contribution in [0.1, 0.15) is 11.1 Å². The van der Waals surface area contributed by atoms with E-state index in [2.05, 4.69) is 15.9 Å². The molecule has 0 saturated carbocycles. The number of primary sulfonamides is 1. The molecule has 2 aromatic carbocycles. The lowest BCUT2D eigenvalue weighted by molar-refractivity contribution is 0.592. The fourth-order valence-corrected chi connectivity index (χ4v) is 5.08. The van der Waals surface area contributed by atoms with Crippen LogP contribution < -0.4 is 9.44 Å². The summed E-state index contributed by atoms with van der Waals surface area (Å²) in [4.78, 5) is 0.187. The Labute approximate surface area is 149 Å². The third-order valence-corrected chi connectivity index (χ3v) is 7.56. The van der Waals surface area contributed by atoms with E-state index < -0.39 is 20.0 Å². The topological polar surface area (TPSA) is 97.5 Å². The average molecular weight is 431 g/mol. The molecule has 2 N–H and O–H groups in total. The molecule has 1 heterocycles. The second kappa shape index (κ2) is 5.83. The summed E-state index contributed by atoms with van der Waals surface area (Å²) in [6.07, 6.45) is 0.438. The number of hydrogen-bond acceptors (Lipinski definition) is 4. The monoisotopic (exact) mass is 430 g/mol. The van der Waals surface area contributed by atoms with Gasteiger partial charge in [-0.1, -0.05) is 15.9 Å². The summed E-state index contributed by atoms with van der Waals surface area (Å²) < 4.78 is 50.8. The predicted molar refractivity (Wildman–Crippen MR) is 94.9 cm³/mol. The molecule has 0 aromatic heterocycles. The Morgan fingerprint density at radius 2 is 1.71 bits per heavy atom. The normalized spacial score (nSPS) is 14.7. The fourth-order valence-electron chi connectivity index (χ4n) is 2.68. The lowest BCUT2D eigenvalue weighted by Crippen LogP contribution is -2.29. The zero-order chi connectivity index (χ0) is 17.7. The Balaban J connectivity index is 2.06. The van der Waals surface area contributed by atoms with Crippen LogP contribution >= 0.6 is 15.9 Å². The highest BCUT2D eigenvalue weighted by Gasteiger charge is 2.31. The zero-order valence-electron chi connectivity index (χ0n) is 12.7. The van der Waals surface area contributed by atoms with Crippen LogP contribution in [0.3, 0.4) is 0 Å². The molecule has 0 saturated heterocycles. The van der Waals surface area contributed by atoms with Gasteiger partial charge < -0.3 is 0 Å². The smallest absolute Gasteiger partial charge is 0.264 e. The molecule has 0 aliphatic carbocycles. The molecular formula is C15H15BrN2O4S2. The van der Waals surface area contributed by atoms with Gasteiger partial charge in [0.1, 0.15) is 0 Å². The molecule has 24 heavy (non-hydrogen) atoms. The van der Waals surface area contributed by atoms with E-state index in [1.807, 2.05) is 6.92 Å². The minimum absolute atomic E-state index is 0.0139. The van der Waals surface area contributed by atoms with E-state index in [4.69, 9.17) is 5.14 Å². The molecule has 0 atom stereocenters. The van der Waals surface area contributed by atoms with Gasteiger partial charge in [-0.05, 0) is 60.9 Å². The van der Waals surface area contributed by atoms with Crippen molar-refractivity contribution in [3.05, 3.63) is 52.0 Å². The van der Waals surface area contributed by atoms with Gasteiger partial charge in [-0.25, -0.2) is 22.0 Å². The highest BCUT2D eigenvalue weighted by atomic mass is 79.9. The Morgan fingerprint density at radius 3 is 2.33 bits per heavy atom. The number of benzene rings is 2. The molecule has 0 radical (unpaired) electrons. The van der Waals surface area contributed by atoms with Crippen molar-refractivity contribution in [1.82, 2.24) is 0 Å². The number of nitrogens with zero attached hydrogens (tertiary/aromatic N) is 1. The highest BCUT2D eigenvalue weighted by molar-refractivity contribution is 9.10. The van der Waals surface area contributed by atoms with Crippen molar-refractivity contribution in [3.63, 3.8) is 0 Å². The highest BCUT2D eigenvalue weighted by Crippen LogP contribution is 2.34. The molecule has 0 unspecified atom stereocenters. The molecule has 0 amide bonds. The van der Waals surface area contributed by atoms with Crippen LogP contribution in [0.5, 0.6) is 0 Å². The third kappa shape index (κ3) is 2.97. The van der Waals surface area contributed by atoms with Crippen molar-refractivity contribution in [2.75, 3.05) is 10.8 Å². The predicted octanol–water partition coefficient (Wildman–Crippen LogP) is 2.16. The van der Waals surface area contributed by atoms with Crippen LogP contribution in [0, 0.1) is 6.92 Å². The van der Waals surface area contributed by atoms with Gasteiger partial charge in [0.2, 0.25) is 10.0 Å². The van der Waals surface area contributed by atoms with Gasteiger partial charge in [-0.3, -0.25) is 4.31 Å². The summed E-state index contributed by atoms with van der Waals surface area (Å²) in [5.74, 6) is 0. The van der Waals surface area contributed by atoms with Crippen molar-refractivity contribution >= 4 is 41.7 Å². The second-order valence-electron chi connectivity index (χ2n) is 5.57. The van der Waals surface area contributed by atoms with E-state index in [9.17, 15) is 16.8 Å². The molecule has 6 nitrogen and oxygen atoms in total. The maximum Gasteiger partial charge on any atom is 0.264 e. The number of anilines is 1. The van der Waals surface area contributed by atoms with Gasteiger partial charge in [-0.2, -0.15) is 0 Å². The quantitative estimate of drug-likeness (QED) is 0.806. The van der Waals surface area contributed by atoms with Crippen LogP contribution in [0.15, 0.2) is 50.7 Å². The molecular weight excluding hydrogens is 416 g/mol. The number of hydrogen-bond donors (Lipinski definition) is 1. The van der Waals surface area contributed by atoms with Gasteiger partial charge in [-0.15, -0.1) is 0 Å². The number of fused-ring (bicyclic) bond motifs is 1. The molecule has 1 aliphatic heterocycles. The van der Waals surface area contributed by atoms with Gasteiger partial charge in [0, 0.05) is 11.0 Å². The van der Waals surface area contributed by atoms with Gasteiger partial charge in [0.05, 0.1) is 15.5 Å². The molecule has 3 rings (SSSR count). The van der Waals surface area contributed by atoms with E-state index >= 15 is 0 Å². The third-order valence-electron chi connectivity index (χ3n) is 3.95. The van der Waals surface area contributed by atoms with Gasteiger partial charge in [0.15, 0.2) is 0 Å². The van der Waals surface area contributed by atoms with Crippen LogP contribution in [-0.4, -0.2) is 23.4 Å². The van der Waals surface area contributed by atoms with Crippen molar-refractivity contribution in [2.45, 2.75) is 23.1 Å². The van der Waals surface area contributed by atoms with Crippen molar-refractivity contribution in [3.8, 4) is 0 Å². The number of nitrogens with two attached hydrogens (primary N) is 1. The Morgan fingerprint density at radius 1 is 1.04 bits per heavy atom. The van der Waals surface area contributed by atoms with Crippen LogP contribution in [0.2, 0.25) is 0 Å². The molecule has 1 aliphatic rings. The van der Waals surface area contributed by atoms with Crippen molar-refractivity contribution in [1.29, 1.82) is 0 Å².